The van der Waals surface area contributed by atoms with Gasteiger partial charge in [0.2, 0.25) is 0 Å². The van der Waals surface area contributed by atoms with Crippen molar-refractivity contribution >= 4 is 0 Å². The van der Waals surface area contributed by atoms with Gasteiger partial charge in [-0.05, 0) is 25.7 Å². The molecule has 2 heterocycles. The summed E-state index contributed by atoms with van der Waals surface area (Å²) in [6.07, 6.45) is 7.34. The zero-order chi connectivity index (χ0) is 9.80. The number of rotatable bonds is 4. The molecule has 0 spiro atoms. The number of aromatic nitrogens is 2. The number of aliphatic hydroxyl groups excluding tert-OH is 1. The second-order valence-electron chi connectivity index (χ2n) is 3.76. The maximum atomic E-state index is 9.75. The van der Waals surface area contributed by atoms with E-state index in [0.717, 1.165) is 37.9 Å². The molecule has 1 aromatic heterocycles. The summed E-state index contributed by atoms with van der Waals surface area (Å²) in [5.41, 5.74) is 0.864. The van der Waals surface area contributed by atoms with Crippen molar-refractivity contribution in [3.8, 4) is 0 Å². The number of hydrogen-bond donors (Lipinski definition) is 2. The van der Waals surface area contributed by atoms with E-state index in [9.17, 15) is 5.11 Å². The fraction of sp³-hybridized carbons (Fsp3) is 0.700. The van der Waals surface area contributed by atoms with E-state index in [0.29, 0.717) is 6.10 Å². The molecule has 0 amide bonds. The van der Waals surface area contributed by atoms with Gasteiger partial charge >= 0.3 is 0 Å². The van der Waals surface area contributed by atoms with Crippen LogP contribution in [-0.4, -0.2) is 28.0 Å². The van der Waals surface area contributed by atoms with Crippen molar-refractivity contribution in [3.63, 3.8) is 0 Å². The number of aromatic amines is 1. The van der Waals surface area contributed by atoms with Crippen LogP contribution < -0.4 is 0 Å². The minimum absolute atomic E-state index is 0.358. The number of H-pyrrole nitrogens is 1. The van der Waals surface area contributed by atoms with E-state index < -0.39 is 6.10 Å². The molecule has 2 rings (SSSR count). The van der Waals surface area contributed by atoms with Crippen LogP contribution in [0.1, 0.15) is 37.4 Å². The molecule has 14 heavy (non-hydrogen) atoms. The van der Waals surface area contributed by atoms with Gasteiger partial charge in [-0.15, -0.1) is 0 Å². The van der Waals surface area contributed by atoms with Crippen molar-refractivity contribution in [3.05, 3.63) is 18.0 Å². The monoisotopic (exact) mass is 196 g/mol. The lowest BCUT2D eigenvalue weighted by molar-refractivity contribution is 0.0812. The summed E-state index contributed by atoms with van der Waals surface area (Å²) < 4.78 is 5.49. The zero-order valence-electron chi connectivity index (χ0n) is 8.15. The highest BCUT2D eigenvalue weighted by Crippen LogP contribution is 2.22. The zero-order valence-corrected chi connectivity index (χ0v) is 8.15. The van der Waals surface area contributed by atoms with E-state index in [-0.39, 0.29) is 0 Å². The second kappa shape index (κ2) is 4.57. The average Bonchev–Trinajstić information content (AvgIpc) is 2.87. The van der Waals surface area contributed by atoms with Crippen molar-refractivity contribution in [2.45, 2.75) is 37.9 Å². The third-order valence-corrected chi connectivity index (χ3v) is 2.69. The molecular weight excluding hydrogens is 180 g/mol. The first-order chi connectivity index (χ1) is 6.86. The molecular formula is C10H16N2O2. The van der Waals surface area contributed by atoms with Gasteiger partial charge in [-0.2, -0.15) is 5.10 Å². The minimum atomic E-state index is -0.405. The van der Waals surface area contributed by atoms with Crippen LogP contribution in [0.5, 0.6) is 0 Å². The third kappa shape index (κ3) is 2.33. The molecule has 4 nitrogen and oxygen atoms in total. The van der Waals surface area contributed by atoms with Crippen LogP contribution in [0.4, 0.5) is 0 Å². The molecule has 1 aliphatic heterocycles. The highest BCUT2D eigenvalue weighted by molar-refractivity contribution is 5.06. The number of hydrogen-bond acceptors (Lipinski definition) is 3. The molecule has 2 N–H and O–H groups in total. The predicted molar refractivity (Wildman–Crippen MR) is 51.8 cm³/mol. The maximum absolute atomic E-state index is 9.75. The first kappa shape index (κ1) is 9.68. The van der Waals surface area contributed by atoms with Gasteiger partial charge in [-0.25, -0.2) is 0 Å². The first-order valence-electron chi connectivity index (χ1n) is 5.14. The highest BCUT2D eigenvalue weighted by atomic mass is 16.5. The van der Waals surface area contributed by atoms with Crippen molar-refractivity contribution in [2.24, 2.45) is 0 Å². The molecule has 2 atom stereocenters. The fourth-order valence-electron chi connectivity index (χ4n) is 1.83. The highest BCUT2D eigenvalue weighted by Gasteiger charge is 2.17. The quantitative estimate of drug-likeness (QED) is 0.765. The van der Waals surface area contributed by atoms with Gasteiger partial charge in [-0.3, -0.25) is 5.10 Å². The summed E-state index contributed by atoms with van der Waals surface area (Å²) in [5.74, 6) is 0. The summed E-state index contributed by atoms with van der Waals surface area (Å²) in [5, 5.41) is 16.3. The lowest BCUT2D eigenvalue weighted by Crippen LogP contribution is -2.07. The van der Waals surface area contributed by atoms with E-state index in [1.165, 1.54) is 0 Å². The summed E-state index contributed by atoms with van der Waals surface area (Å²) >= 11 is 0. The van der Waals surface area contributed by atoms with Gasteiger partial charge in [0.05, 0.1) is 18.4 Å². The number of nitrogens with zero attached hydrogens (tertiary/aromatic N) is 1. The molecule has 0 aliphatic carbocycles. The van der Waals surface area contributed by atoms with Gasteiger partial charge in [-0.1, -0.05) is 0 Å². The van der Waals surface area contributed by atoms with Crippen molar-refractivity contribution in [1.82, 2.24) is 10.2 Å². The molecule has 1 aliphatic rings. The van der Waals surface area contributed by atoms with Crippen LogP contribution in [0.15, 0.2) is 12.4 Å². The third-order valence-electron chi connectivity index (χ3n) is 2.69. The summed E-state index contributed by atoms with van der Waals surface area (Å²) in [4.78, 5) is 0. The Morgan fingerprint density at radius 3 is 3.29 bits per heavy atom. The predicted octanol–water partition coefficient (Wildman–Crippen LogP) is 1.40. The van der Waals surface area contributed by atoms with Crippen molar-refractivity contribution in [1.29, 1.82) is 0 Å². The van der Waals surface area contributed by atoms with Crippen LogP contribution in [0.3, 0.4) is 0 Å². The standard InChI is InChI=1S/C10H16N2O2/c13-10(8-6-11-12-7-8)4-3-9-2-1-5-14-9/h6-7,9-10,13H,1-5H2,(H,11,12). The van der Waals surface area contributed by atoms with Crippen LogP contribution in [0.25, 0.3) is 0 Å². The van der Waals surface area contributed by atoms with E-state index >= 15 is 0 Å². The molecule has 0 aromatic carbocycles. The van der Waals surface area contributed by atoms with Crippen LogP contribution in [-0.2, 0) is 4.74 Å². The van der Waals surface area contributed by atoms with E-state index in [2.05, 4.69) is 10.2 Å². The molecule has 0 saturated carbocycles. The first-order valence-corrected chi connectivity index (χ1v) is 5.14. The van der Waals surface area contributed by atoms with Gasteiger partial charge < -0.3 is 9.84 Å². The van der Waals surface area contributed by atoms with Crippen molar-refractivity contribution < 1.29 is 9.84 Å². The Kier molecular flexibility index (Phi) is 3.16. The van der Waals surface area contributed by atoms with Crippen LogP contribution in [0, 0.1) is 0 Å². The molecule has 1 fully saturated rings. The van der Waals surface area contributed by atoms with Gasteiger partial charge in [0.25, 0.3) is 0 Å². The number of aliphatic hydroxyl groups is 1. The normalized spacial score (nSPS) is 23.9. The minimum Gasteiger partial charge on any atom is -0.388 e. The summed E-state index contributed by atoms with van der Waals surface area (Å²) in [7, 11) is 0. The summed E-state index contributed by atoms with van der Waals surface area (Å²) in [6, 6.07) is 0. The van der Waals surface area contributed by atoms with E-state index in [4.69, 9.17) is 4.74 Å². The van der Waals surface area contributed by atoms with Gasteiger partial charge in [0, 0.05) is 18.4 Å². The topological polar surface area (TPSA) is 58.1 Å². The largest absolute Gasteiger partial charge is 0.388 e. The Labute approximate surface area is 83.3 Å². The van der Waals surface area contributed by atoms with E-state index in [1.807, 2.05) is 0 Å². The fourth-order valence-corrected chi connectivity index (χ4v) is 1.83. The second-order valence-corrected chi connectivity index (χ2v) is 3.76. The van der Waals surface area contributed by atoms with Gasteiger partial charge in [0.1, 0.15) is 0 Å². The summed E-state index contributed by atoms with van der Waals surface area (Å²) in [6.45, 7) is 0.881. The molecule has 1 saturated heterocycles. The maximum Gasteiger partial charge on any atom is 0.0821 e. The molecule has 1 aromatic rings. The van der Waals surface area contributed by atoms with Crippen LogP contribution >= 0.6 is 0 Å². The Hall–Kier alpha value is -0.870. The SMILES string of the molecule is OC(CCC1CCCO1)c1cn[nH]c1. The molecule has 78 valence electrons. The van der Waals surface area contributed by atoms with Crippen molar-refractivity contribution in [2.75, 3.05) is 6.61 Å². The smallest absolute Gasteiger partial charge is 0.0821 e. The van der Waals surface area contributed by atoms with Crippen LogP contribution in [0.2, 0.25) is 0 Å². The lowest BCUT2D eigenvalue weighted by Gasteiger charge is -2.12. The Balaban J connectivity index is 1.74. The lowest BCUT2D eigenvalue weighted by atomic mass is 10.0. The Morgan fingerprint density at radius 2 is 2.64 bits per heavy atom. The average molecular weight is 196 g/mol. The number of nitrogens with one attached hydrogen (secondary N) is 1. The number of ether oxygens (including phenoxy) is 1. The van der Waals surface area contributed by atoms with Gasteiger partial charge in [0.15, 0.2) is 0 Å². The molecule has 0 radical (unpaired) electrons. The molecule has 4 heteroatoms. The molecule has 2 unspecified atom stereocenters. The Morgan fingerprint density at radius 1 is 1.71 bits per heavy atom. The molecule has 0 bridgehead atoms. The van der Waals surface area contributed by atoms with E-state index in [1.54, 1.807) is 12.4 Å². The Bertz CT molecular complexity index is 255.